The molecule has 25 nitrogen and oxygen atoms in total. The SMILES string of the molecule is COc1cc2c(cc1OCCCC(=O)Nc1cc(C(=O)Nc3ccc(-c4cc(C(=O)NCCCOC(=O)NCCCNC(=O)CCOCCOCCNC(=O)CCN5C(=O)C=CC5=O)n(C)c4)cc3)n(C)c1)N=CC1CCCN1C2=O. The Morgan fingerprint density at radius 1 is 0.630 bits per heavy atom. The van der Waals surface area contributed by atoms with E-state index in [0.717, 1.165) is 28.9 Å². The minimum absolute atomic E-state index is 0.000859. The van der Waals surface area contributed by atoms with E-state index in [1.807, 2.05) is 29.4 Å². The van der Waals surface area contributed by atoms with Gasteiger partial charge in [-0.25, -0.2) is 4.79 Å². The van der Waals surface area contributed by atoms with Gasteiger partial charge in [0.2, 0.25) is 17.7 Å². The summed E-state index contributed by atoms with van der Waals surface area (Å²) in [6.45, 7) is 3.08. The van der Waals surface area contributed by atoms with Crippen LogP contribution in [-0.2, 0) is 52.3 Å². The number of anilines is 2. The summed E-state index contributed by atoms with van der Waals surface area (Å²) >= 11 is 0. The lowest BCUT2D eigenvalue weighted by Crippen LogP contribution is -2.35. The van der Waals surface area contributed by atoms with Crippen LogP contribution in [0.4, 0.5) is 21.9 Å². The summed E-state index contributed by atoms with van der Waals surface area (Å²) in [6, 6.07) is 13.9. The third-order valence-electron chi connectivity index (χ3n) is 13.2. The molecule has 3 aliphatic rings. The number of methoxy groups -OCH3 is 1. The second-order valence-corrected chi connectivity index (χ2v) is 19.1. The average Bonchev–Trinajstić information content (AvgIpc) is 4.25. The molecule has 0 bridgehead atoms. The van der Waals surface area contributed by atoms with Crippen LogP contribution in [0.1, 0.15) is 82.7 Å². The van der Waals surface area contributed by atoms with Crippen molar-refractivity contribution < 1.29 is 66.8 Å². The van der Waals surface area contributed by atoms with Crippen molar-refractivity contribution >= 4 is 76.6 Å². The Morgan fingerprint density at radius 3 is 2.11 bits per heavy atom. The molecule has 1 fully saturated rings. The second-order valence-electron chi connectivity index (χ2n) is 19.1. The highest BCUT2D eigenvalue weighted by Crippen LogP contribution is 2.38. The van der Waals surface area contributed by atoms with Gasteiger partial charge >= 0.3 is 6.09 Å². The van der Waals surface area contributed by atoms with Crippen LogP contribution in [0.3, 0.4) is 0 Å². The lowest BCUT2D eigenvalue weighted by atomic mass is 10.1. The maximum Gasteiger partial charge on any atom is 0.407 e. The smallest absolute Gasteiger partial charge is 0.407 e. The van der Waals surface area contributed by atoms with Gasteiger partial charge in [0.05, 0.1) is 69.7 Å². The molecule has 25 heteroatoms. The summed E-state index contributed by atoms with van der Waals surface area (Å²) in [6.07, 6.45) is 10.4. The van der Waals surface area contributed by atoms with Crippen LogP contribution in [0.2, 0.25) is 0 Å². The van der Waals surface area contributed by atoms with E-state index in [4.69, 9.17) is 23.7 Å². The van der Waals surface area contributed by atoms with Crippen LogP contribution in [-0.4, -0.2) is 171 Å². The Hall–Kier alpha value is -8.84. The zero-order valence-corrected chi connectivity index (χ0v) is 45.7. The van der Waals surface area contributed by atoms with Crippen molar-refractivity contribution in [3.63, 3.8) is 0 Å². The fraction of sp³-hybridized carbons (Fsp3) is 0.429. The van der Waals surface area contributed by atoms with Crippen molar-refractivity contribution in [3.8, 4) is 22.6 Å². The normalized spacial score (nSPS) is 14.3. The van der Waals surface area contributed by atoms with E-state index in [1.54, 1.807) is 65.8 Å². The van der Waals surface area contributed by atoms with E-state index in [1.165, 1.54) is 19.3 Å². The van der Waals surface area contributed by atoms with Gasteiger partial charge in [0.1, 0.15) is 11.4 Å². The molecule has 432 valence electrons. The molecule has 4 aromatic rings. The predicted molar refractivity (Wildman–Crippen MR) is 296 cm³/mol. The number of alkyl carbamates (subject to hydrolysis) is 1. The molecule has 3 aliphatic heterocycles. The third kappa shape index (κ3) is 17.6. The predicted octanol–water partition coefficient (Wildman–Crippen LogP) is 3.62. The fourth-order valence-electron chi connectivity index (χ4n) is 8.88. The minimum Gasteiger partial charge on any atom is -0.493 e. The standard InChI is InChI=1S/C56H69N11O14/c1-64-35-38(30-44(64)53(73)59-20-7-25-81-56(76)60-19-6-18-57-49(69)17-26-78-28-29-79-27-21-58-48(68)16-23-67-51(71)14-15-52(67)72)37-10-12-39(13-11-37)63-54(74)45-31-40(36-65(45)2)62-50(70)9-5-24-80-47-33-43-42(32-46(47)77-3)55(75)66-22-4-8-41(66)34-61-43/h10-15,30-36,41H,4-9,16-29H2,1-3H3,(H,57,69)(H,58,68)(H,59,73)(H,60,76)(H,62,70)(H,63,74). The molecule has 0 aliphatic carbocycles. The van der Waals surface area contributed by atoms with Crippen LogP contribution >= 0.6 is 0 Å². The molecule has 1 unspecified atom stereocenters. The number of carbonyl (C=O) groups is 9. The van der Waals surface area contributed by atoms with Crippen LogP contribution in [0.5, 0.6) is 11.5 Å². The molecule has 81 heavy (non-hydrogen) atoms. The molecule has 5 heterocycles. The van der Waals surface area contributed by atoms with Crippen molar-refractivity contribution in [2.24, 2.45) is 19.1 Å². The van der Waals surface area contributed by atoms with Crippen molar-refractivity contribution in [2.75, 3.05) is 96.7 Å². The zero-order chi connectivity index (χ0) is 57.7. The second kappa shape index (κ2) is 29.9. The summed E-state index contributed by atoms with van der Waals surface area (Å²) in [5.41, 5.74) is 4.33. The van der Waals surface area contributed by atoms with Crippen molar-refractivity contribution in [2.45, 2.75) is 57.4 Å². The molecular formula is C56H69N11O14. The molecule has 2 aromatic carbocycles. The molecule has 9 amide bonds. The highest BCUT2D eigenvalue weighted by molar-refractivity contribution is 6.13. The number of hydrogen-bond donors (Lipinski definition) is 6. The van der Waals surface area contributed by atoms with Gasteiger partial charge in [0.25, 0.3) is 29.5 Å². The van der Waals surface area contributed by atoms with Gasteiger partial charge in [-0.1, -0.05) is 12.1 Å². The lowest BCUT2D eigenvalue weighted by Gasteiger charge is -2.20. The Bertz CT molecular complexity index is 2970. The van der Waals surface area contributed by atoms with Gasteiger partial charge in [-0.05, 0) is 68.0 Å². The Labute approximate surface area is 468 Å². The van der Waals surface area contributed by atoms with Gasteiger partial charge in [-0.15, -0.1) is 0 Å². The number of aromatic nitrogens is 2. The lowest BCUT2D eigenvalue weighted by molar-refractivity contribution is -0.137. The monoisotopic (exact) mass is 1120 g/mol. The topological polar surface area (TPSA) is 301 Å². The van der Waals surface area contributed by atoms with E-state index in [9.17, 15) is 43.2 Å². The largest absolute Gasteiger partial charge is 0.493 e. The first-order valence-corrected chi connectivity index (χ1v) is 26.8. The summed E-state index contributed by atoms with van der Waals surface area (Å²) in [4.78, 5) is 119. The molecule has 2 aromatic heterocycles. The Kier molecular flexibility index (Phi) is 22.1. The third-order valence-corrected chi connectivity index (χ3v) is 13.2. The quantitative estimate of drug-likeness (QED) is 0.0310. The van der Waals surface area contributed by atoms with Gasteiger partial charge in [0.15, 0.2) is 11.5 Å². The number of carbonyl (C=O) groups excluding carboxylic acids is 9. The van der Waals surface area contributed by atoms with E-state index >= 15 is 0 Å². The van der Waals surface area contributed by atoms with Crippen LogP contribution < -0.4 is 41.4 Å². The summed E-state index contributed by atoms with van der Waals surface area (Å²) < 4.78 is 30.8. The first kappa shape index (κ1) is 59.8. The van der Waals surface area contributed by atoms with Gasteiger partial charge < -0.3 is 69.6 Å². The summed E-state index contributed by atoms with van der Waals surface area (Å²) in [7, 11) is 4.97. The van der Waals surface area contributed by atoms with Crippen LogP contribution in [0.15, 0.2) is 78.1 Å². The highest BCUT2D eigenvalue weighted by atomic mass is 16.5. The number of nitrogens with zero attached hydrogens (tertiary/aromatic N) is 5. The van der Waals surface area contributed by atoms with E-state index < -0.39 is 17.9 Å². The maximum absolute atomic E-state index is 13.3. The van der Waals surface area contributed by atoms with E-state index in [0.29, 0.717) is 77.9 Å². The number of amides is 9. The molecule has 1 atom stereocenters. The number of nitrogens with one attached hydrogen (secondary N) is 6. The van der Waals surface area contributed by atoms with E-state index in [2.05, 4.69) is 36.9 Å². The molecular weight excluding hydrogens is 1050 g/mol. The molecule has 0 radical (unpaired) electrons. The Balaban J connectivity index is 0.701. The fourth-order valence-corrected chi connectivity index (χ4v) is 8.88. The molecule has 1 saturated heterocycles. The summed E-state index contributed by atoms with van der Waals surface area (Å²) in [5.74, 6) is -1.56. The molecule has 7 rings (SSSR count). The van der Waals surface area contributed by atoms with Crippen molar-refractivity contribution in [1.82, 2.24) is 40.2 Å². The molecule has 6 N–H and O–H groups in total. The number of rotatable bonds is 31. The number of ether oxygens (including phenoxy) is 5. The van der Waals surface area contributed by atoms with Gasteiger partial charge in [-0.3, -0.25) is 48.2 Å². The number of aryl methyl sites for hydroxylation is 2. The maximum atomic E-state index is 13.3. The number of imide groups is 1. The van der Waals surface area contributed by atoms with Crippen LogP contribution in [0.25, 0.3) is 11.1 Å². The van der Waals surface area contributed by atoms with Crippen molar-refractivity contribution in [1.29, 1.82) is 0 Å². The van der Waals surface area contributed by atoms with Crippen LogP contribution in [0, 0.1) is 0 Å². The number of benzene rings is 2. The van der Waals surface area contributed by atoms with E-state index in [-0.39, 0.29) is 127 Å². The van der Waals surface area contributed by atoms with Crippen molar-refractivity contribution in [3.05, 3.63) is 90.0 Å². The van der Waals surface area contributed by atoms with Gasteiger partial charge in [0, 0.05) is 121 Å². The van der Waals surface area contributed by atoms with Gasteiger partial charge in [-0.2, -0.15) is 0 Å². The first-order valence-electron chi connectivity index (χ1n) is 26.8. The number of hydrogen-bond acceptors (Lipinski definition) is 15. The molecule has 0 saturated carbocycles. The first-order chi connectivity index (χ1) is 39.2. The Morgan fingerprint density at radius 2 is 1.33 bits per heavy atom. The summed E-state index contributed by atoms with van der Waals surface area (Å²) in [5, 5.41) is 16.6. The average molecular weight is 1120 g/mol. The minimum atomic E-state index is -0.614. The molecule has 0 spiro atoms. The number of aliphatic imine (C=N–C) groups is 1. The highest BCUT2D eigenvalue weighted by Gasteiger charge is 2.33. The zero-order valence-electron chi connectivity index (χ0n) is 45.7. The number of fused-ring (bicyclic) bond motifs is 2.